The number of nitrogens with two attached hydrogens (primary N) is 1. The molecule has 12 nitrogen and oxygen atoms in total. The highest BCUT2D eigenvalue weighted by Crippen LogP contribution is 2.37. The van der Waals surface area contributed by atoms with Gasteiger partial charge >= 0.3 is 0 Å². The molecule has 3 rings (SSSR count). The van der Waals surface area contributed by atoms with Crippen molar-refractivity contribution in [1.29, 1.82) is 0 Å². The zero-order chi connectivity index (χ0) is 28.6. The number of aryl methyl sites for hydroxylation is 2. The van der Waals surface area contributed by atoms with Crippen LogP contribution in [-0.4, -0.2) is 70.9 Å². The molecule has 210 valence electrons. The van der Waals surface area contributed by atoms with Crippen LogP contribution in [0.2, 0.25) is 0 Å². The van der Waals surface area contributed by atoms with Gasteiger partial charge < -0.3 is 26.0 Å². The third-order valence-electron chi connectivity index (χ3n) is 6.78. The molecule has 2 unspecified atom stereocenters. The minimum atomic E-state index is -0.988. The maximum absolute atomic E-state index is 13.5. The molecule has 1 aliphatic rings. The lowest BCUT2D eigenvalue weighted by atomic mass is 9.81. The van der Waals surface area contributed by atoms with Crippen LogP contribution in [0, 0.1) is 13.8 Å². The summed E-state index contributed by atoms with van der Waals surface area (Å²) in [5, 5.41) is 14.2. The summed E-state index contributed by atoms with van der Waals surface area (Å²) in [6, 6.07) is 10.3. The SMILES string of the molecule is Cc1cc(COc2ccc(C3(C)CCN(C(CCNC(=O)CNC(=O)CN)C(=O)NO)C3=O)cc2)cc(C)n1. The molecule has 1 fully saturated rings. The molecule has 0 spiro atoms. The number of hydrogen-bond acceptors (Lipinski definition) is 8. The first-order valence-electron chi connectivity index (χ1n) is 12.7. The van der Waals surface area contributed by atoms with Crippen LogP contribution in [0.1, 0.15) is 42.3 Å². The number of carbonyl (C=O) groups excluding carboxylic acids is 4. The summed E-state index contributed by atoms with van der Waals surface area (Å²) in [5.41, 5.74) is 9.58. The van der Waals surface area contributed by atoms with Gasteiger partial charge in [-0.15, -0.1) is 0 Å². The predicted molar refractivity (Wildman–Crippen MR) is 142 cm³/mol. The van der Waals surface area contributed by atoms with E-state index in [1.54, 1.807) is 5.48 Å². The molecule has 4 amide bonds. The highest BCUT2D eigenvalue weighted by atomic mass is 16.5. The monoisotopic (exact) mass is 540 g/mol. The highest BCUT2D eigenvalue weighted by molar-refractivity contribution is 5.94. The smallest absolute Gasteiger partial charge is 0.266 e. The number of aromatic nitrogens is 1. The van der Waals surface area contributed by atoms with Gasteiger partial charge in [0.15, 0.2) is 0 Å². The van der Waals surface area contributed by atoms with Gasteiger partial charge in [-0.2, -0.15) is 0 Å². The Morgan fingerprint density at radius 2 is 1.79 bits per heavy atom. The van der Waals surface area contributed by atoms with Crippen LogP contribution in [0.15, 0.2) is 36.4 Å². The summed E-state index contributed by atoms with van der Waals surface area (Å²) < 4.78 is 5.92. The third kappa shape index (κ3) is 7.52. The molecule has 12 heteroatoms. The number of benzene rings is 1. The van der Waals surface area contributed by atoms with E-state index in [2.05, 4.69) is 15.6 Å². The topological polar surface area (TPSA) is 176 Å². The number of amides is 4. The van der Waals surface area contributed by atoms with Crippen molar-refractivity contribution in [2.24, 2.45) is 5.73 Å². The number of rotatable bonds is 12. The minimum absolute atomic E-state index is 0.0540. The molecular weight excluding hydrogens is 504 g/mol. The maximum Gasteiger partial charge on any atom is 0.266 e. The lowest BCUT2D eigenvalue weighted by Crippen LogP contribution is -2.50. The van der Waals surface area contributed by atoms with E-state index in [0.717, 1.165) is 22.5 Å². The number of hydroxylamine groups is 1. The standard InChI is InChI=1S/C27H36N6O6/c1-17-12-19(13-18(2)31-17)16-39-21-6-4-20(5-7-21)27(3)9-11-33(26(27)37)22(25(36)32-38)8-10-29-24(35)15-30-23(34)14-28/h4-7,12-13,22,38H,8-11,14-16,28H2,1-3H3,(H,29,35)(H,30,34)(H,32,36). The van der Waals surface area contributed by atoms with Crippen LogP contribution >= 0.6 is 0 Å². The first-order chi connectivity index (χ1) is 18.6. The molecule has 0 radical (unpaired) electrons. The molecule has 39 heavy (non-hydrogen) atoms. The summed E-state index contributed by atoms with van der Waals surface area (Å²) in [7, 11) is 0. The number of likely N-dealkylation sites (tertiary alicyclic amines) is 1. The first kappa shape index (κ1) is 29.5. The van der Waals surface area contributed by atoms with E-state index >= 15 is 0 Å². The van der Waals surface area contributed by atoms with Crippen molar-refractivity contribution in [2.75, 3.05) is 26.2 Å². The Morgan fingerprint density at radius 3 is 2.41 bits per heavy atom. The average molecular weight is 541 g/mol. The predicted octanol–water partition coefficient (Wildman–Crippen LogP) is 0.223. The van der Waals surface area contributed by atoms with Crippen molar-refractivity contribution in [2.45, 2.75) is 51.7 Å². The lowest BCUT2D eigenvalue weighted by molar-refractivity contribution is -0.144. The molecule has 1 aromatic heterocycles. The van der Waals surface area contributed by atoms with Crippen LogP contribution in [0.5, 0.6) is 5.75 Å². The molecule has 2 aromatic rings. The lowest BCUT2D eigenvalue weighted by Gasteiger charge is -2.29. The summed E-state index contributed by atoms with van der Waals surface area (Å²) >= 11 is 0. The molecule has 2 atom stereocenters. The number of pyridine rings is 1. The maximum atomic E-state index is 13.5. The van der Waals surface area contributed by atoms with Gasteiger partial charge in [-0.25, -0.2) is 5.48 Å². The summed E-state index contributed by atoms with van der Waals surface area (Å²) in [4.78, 5) is 54.9. The van der Waals surface area contributed by atoms with Crippen molar-refractivity contribution in [1.82, 2.24) is 26.0 Å². The zero-order valence-electron chi connectivity index (χ0n) is 22.5. The van der Waals surface area contributed by atoms with E-state index in [1.165, 1.54) is 4.90 Å². The van der Waals surface area contributed by atoms with E-state index in [9.17, 15) is 24.4 Å². The number of nitrogens with one attached hydrogen (secondary N) is 3. The normalized spacial score (nSPS) is 17.5. The van der Waals surface area contributed by atoms with Gasteiger partial charge in [-0.1, -0.05) is 12.1 Å². The summed E-state index contributed by atoms with van der Waals surface area (Å²) in [6.45, 7) is 5.95. The van der Waals surface area contributed by atoms with Gasteiger partial charge in [-0.3, -0.25) is 29.4 Å². The van der Waals surface area contributed by atoms with Crippen LogP contribution in [-0.2, 0) is 31.2 Å². The number of hydrogen-bond donors (Lipinski definition) is 5. The Bertz CT molecular complexity index is 1180. The molecular formula is C27H36N6O6. The molecule has 2 heterocycles. The van der Waals surface area contributed by atoms with Crippen molar-refractivity contribution in [3.63, 3.8) is 0 Å². The van der Waals surface area contributed by atoms with E-state index in [1.807, 2.05) is 57.2 Å². The van der Waals surface area contributed by atoms with Crippen LogP contribution in [0.4, 0.5) is 0 Å². The van der Waals surface area contributed by atoms with Crippen molar-refractivity contribution in [3.8, 4) is 5.75 Å². The number of nitrogens with zero attached hydrogens (tertiary/aromatic N) is 2. The molecule has 0 bridgehead atoms. The Hall–Kier alpha value is -4.03. The fraction of sp³-hybridized carbons (Fsp3) is 0.444. The highest BCUT2D eigenvalue weighted by Gasteiger charge is 2.47. The minimum Gasteiger partial charge on any atom is -0.489 e. The average Bonchev–Trinajstić information content (AvgIpc) is 3.22. The van der Waals surface area contributed by atoms with Crippen LogP contribution in [0.3, 0.4) is 0 Å². The second-order valence-electron chi connectivity index (χ2n) is 9.76. The van der Waals surface area contributed by atoms with Crippen molar-refractivity contribution in [3.05, 3.63) is 58.9 Å². The number of ether oxygens (including phenoxy) is 1. The fourth-order valence-electron chi connectivity index (χ4n) is 4.69. The van der Waals surface area contributed by atoms with Crippen LogP contribution in [0.25, 0.3) is 0 Å². The summed E-state index contributed by atoms with van der Waals surface area (Å²) in [6.07, 6.45) is 0.541. The largest absolute Gasteiger partial charge is 0.489 e. The Morgan fingerprint density at radius 1 is 1.13 bits per heavy atom. The van der Waals surface area contributed by atoms with E-state index in [4.69, 9.17) is 10.5 Å². The Kier molecular flexibility index (Phi) is 9.96. The zero-order valence-corrected chi connectivity index (χ0v) is 22.5. The molecule has 0 saturated carbocycles. The molecule has 1 aromatic carbocycles. The first-order valence-corrected chi connectivity index (χ1v) is 12.7. The van der Waals surface area contributed by atoms with Crippen molar-refractivity contribution >= 4 is 23.6 Å². The molecule has 0 aliphatic carbocycles. The quantitative estimate of drug-likeness (QED) is 0.188. The Labute approximate surface area is 227 Å². The molecule has 1 aliphatic heterocycles. The fourth-order valence-corrected chi connectivity index (χ4v) is 4.69. The van der Waals surface area contributed by atoms with E-state index in [0.29, 0.717) is 25.3 Å². The molecule has 6 N–H and O–H groups in total. The van der Waals surface area contributed by atoms with Gasteiger partial charge in [-0.05, 0) is 69.0 Å². The second-order valence-corrected chi connectivity index (χ2v) is 9.76. The summed E-state index contributed by atoms with van der Waals surface area (Å²) in [5.74, 6) is -1.28. The van der Waals surface area contributed by atoms with Gasteiger partial charge in [0.2, 0.25) is 17.7 Å². The van der Waals surface area contributed by atoms with Crippen LogP contribution < -0.4 is 26.6 Å². The third-order valence-corrected chi connectivity index (χ3v) is 6.78. The van der Waals surface area contributed by atoms with Crippen molar-refractivity contribution < 1.29 is 29.1 Å². The van der Waals surface area contributed by atoms with Gasteiger partial charge in [0.25, 0.3) is 5.91 Å². The van der Waals surface area contributed by atoms with Gasteiger partial charge in [0.1, 0.15) is 18.4 Å². The van der Waals surface area contributed by atoms with E-state index in [-0.39, 0.29) is 32.0 Å². The molecule has 1 saturated heterocycles. The van der Waals surface area contributed by atoms with Gasteiger partial charge in [0.05, 0.1) is 18.5 Å². The van der Waals surface area contributed by atoms with Gasteiger partial charge in [0, 0.05) is 24.5 Å². The van der Waals surface area contributed by atoms with E-state index < -0.39 is 29.2 Å². The second kappa shape index (κ2) is 13.2. The number of carbonyl (C=O) groups is 4. The Balaban J connectivity index is 1.62.